The molecule has 0 aliphatic heterocycles. The predicted molar refractivity (Wildman–Crippen MR) is 61.9 cm³/mol. The summed E-state index contributed by atoms with van der Waals surface area (Å²) in [4.78, 5) is 23.1. The lowest BCUT2D eigenvalue weighted by Crippen LogP contribution is -2.00. The van der Waals surface area contributed by atoms with Crippen molar-refractivity contribution in [3.8, 4) is 11.5 Å². The number of aromatic nitrogens is 5. The minimum atomic E-state index is -0.916. The Bertz CT molecular complexity index is 669. The van der Waals surface area contributed by atoms with Crippen LogP contribution in [0.5, 0.6) is 0 Å². The molecule has 0 atom stereocenters. The molecule has 3 heterocycles. The van der Waals surface area contributed by atoms with Crippen molar-refractivity contribution < 1.29 is 9.90 Å². The Morgan fingerprint density at radius 3 is 2.94 bits per heavy atom. The van der Waals surface area contributed by atoms with Gasteiger partial charge in [-0.15, -0.1) is 0 Å². The number of hydrogen-bond donors (Lipinski definition) is 2. The number of rotatable bonds is 3. The number of imidazole rings is 1. The van der Waals surface area contributed by atoms with Crippen LogP contribution in [-0.2, 0) is 11.2 Å². The number of aliphatic carboxylic acids is 1. The maximum Gasteiger partial charge on any atom is 0.309 e. The number of fused-ring (bicyclic) bond motifs is 1. The highest BCUT2D eigenvalue weighted by atomic mass is 16.4. The number of hydrogen-bond acceptors (Lipinski definition) is 4. The third-order valence-electron chi connectivity index (χ3n) is 2.42. The Hall–Kier alpha value is -2.70. The Balaban J connectivity index is 1.98. The van der Waals surface area contributed by atoms with Crippen LogP contribution < -0.4 is 0 Å². The summed E-state index contributed by atoms with van der Waals surface area (Å²) >= 11 is 0. The van der Waals surface area contributed by atoms with Crippen LogP contribution >= 0.6 is 0 Å². The normalized spacial score (nSPS) is 10.9. The SMILES string of the molecule is O=C(O)Cc1cn2[nH]c(-c3ccccn3)nc2n1. The van der Waals surface area contributed by atoms with Crippen LogP contribution in [0.3, 0.4) is 0 Å². The first-order valence-electron chi connectivity index (χ1n) is 5.29. The summed E-state index contributed by atoms with van der Waals surface area (Å²) in [5.41, 5.74) is 1.18. The quantitative estimate of drug-likeness (QED) is 0.707. The minimum Gasteiger partial charge on any atom is -0.481 e. The first kappa shape index (κ1) is 10.5. The summed E-state index contributed by atoms with van der Waals surface area (Å²) in [6.45, 7) is 0. The lowest BCUT2D eigenvalue weighted by molar-refractivity contribution is -0.136. The van der Waals surface area contributed by atoms with E-state index in [1.54, 1.807) is 16.9 Å². The van der Waals surface area contributed by atoms with Crippen LogP contribution in [-0.4, -0.2) is 35.6 Å². The summed E-state index contributed by atoms with van der Waals surface area (Å²) < 4.78 is 1.59. The molecule has 0 aliphatic rings. The molecule has 0 aliphatic carbocycles. The van der Waals surface area contributed by atoms with Crippen molar-refractivity contribution in [1.29, 1.82) is 0 Å². The molecule has 0 saturated carbocycles. The average molecular weight is 243 g/mol. The zero-order valence-corrected chi connectivity index (χ0v) is 9.24. The van der Waals surface area contributed by atoms with E-state index < -0.39 is 5.97 Å². The van der Waals surface area contributed by atoms with Crippen molar-refractivity contribution in [1.82, 2.24) is 24.6 Å². The van der Waals surface area contributed by atoms with Crippen molar-refractivity contribution in [3.05, 3.63) is 36.3 Å². The second kappa shape index (κ2) is 3.95. The molecule has 7 nitrogen and oxygen atoms in total. The molecule has 0 aromatic carbocycles. The van der Waals surface area contributed by atoms with Crippen LogP contribution in [0.1, 0.15) is 5.69 Å². The van der Waals surface area contributed by atoms with Crippen LogP contribution in [0, 0.1) is 0 Å². The van der Waals surface area contributed by atoms with Gasteiger partial charge in [-0.05, 0) is 12.1 Å². The molecule has 2 N–H and O–H groups in total. The number of nitrogens with zero attached hydrogens (tertiary/aromatic N) is 4. The van der Waals surface area contributed by atoms with Gasteiger partial charge in [-0.2, -0.15) is 4.98 Å². The minimum absolute atomic E-state index is 0.115. The highest BCUT2D eigenvalue weighted by Gasteiger charge is 2.11. The lowest BCUT2D eigenvalue weighted by atomic mass is 10.3. The standard InChI is InChI=1S/C11H9N5O2/c17-9(18)5-7-6-16-11(13-7)14-10(15-16)8-3-1-2-4-12-8/h1-4,6H,5H2,(H,17,18)(H,13,14,15). The molecule has 90 valence electrons. The molecule has 0 bridgehead atoms. The summed E-state index contributed by atoms with van der Waals surface area (Å²) in [5, 5.41) is 11.7. The molecule has 7 heteroatoms. The fourth-order valence-electron chi connectivity index (χ4n) is 1.68. The van der Waals surface area contributed by atoms with Gasteiger partial charge >= 0.3 is 5.97 Å². The molecule has 3 rings (SSSR count). The van der Waals surface area contributed by atoms with E-state index in [1.165, 1.54) is 0 Å². The lowest BCUT2D eigenvalue weighted by Gasteiger charge is -1.92. The van der Waals surface area contributed by atoms with Gasteiger partial charge in [-0.25, -0.2) is 9.50 Å². The van der Waals surface area contributed by atoms with Crippen LogP contribution in [0.15, 0.2) is 30.6 Å². The third kappa shape index (κ3) is 1.81. The molecule has 0 fully saturated rings. The predicted octanol–water partition coefficient (Wildman–Crippen LogP) is 0.746. The average Bonchev–Trinajstić information content (AvgIpc) is 2.87. The molecule has 0 amide bonds. The van der Waals surface area contributed by atoms with Crippen LogP contribution in [0.25, 0.3) is 17.3 Å². The summed E-state index contributed by atoms with van der Waals surface area (Å²) in [5.74, 6) is 0.118. The number of aromatic amines is 1. The number of carbonyl (C=O) groups is 1. The first-order chi connectivity index (χ1) is 8.72. The van der Waals surface area contributed by atoms with Gasteiger partial charge in [0.2, 0.25) is 0 Å². The maximum atomic E-state index is 10.6. The zero-order valence-electron chi connectivity index (χ0n) is 9.24. The second-order valence-corrected chi connectivity index (χ2v) is 3.76. The monoisotopic (exact) mass is 243 g/mol. The molecular weight excluding hydrogens is 234 g/mol. The molecule has 18 heavy (non-hydrogen) atoms. The van der Waals surface area contributed by atoms with Gasteiger partial charge in [0.25, 0.3) is 5.78 Å². The van der Waals surface area contributed by atoms with Crippen molar-refractivity contribution in [2.75, 3.05) is 0 Å². The van der Waals surface area contributed by atoms with E-state index in [9.17, 15) is 4.79 Å². The van der Waals surface area contributed by atoms with Gasteiger partial charge in [-0.3, -0.25) is 14.9 Å². The summed E-state index contributed by atoms with van der Waals surface area (Å²) in [6, 6.07) is 5.52. The molecule has 0 radical (unpaired) electrons. The van der Waals surface area contributed by atoms with Gasteiger partial charge in [-0.1, -0.05) is 6.07 Å². The third-order valence-corrected chi connectivity index (χ3v) is 2.42. The summed E-state index contributed by atoms with van der Waals surface area (Å²) in [7, 11) is 0. The Morgan fingerprint density at radius 1 is 1.39 bits per heavy atom. The van der Waals surface area contributed by atoms with Gasteiger partial charge in [0, 0.05) is 6.20 Å². The number of carboxylic acid groups (broad SMARTS) is 1. The van der Waals surface area contributed by atoms with Gasteiger partial charge in [0.05, 0.1) is 18.3 Å². The fraction of sp³-hybridized carbons (Fsp3) is 0.0909. The van der Waals surface area contributed by atoms with Crippen molar-refractivity contribution >= 4 is 11.7 Å². The van der Waals surface area contributed by atoms with Crippen LogP contribution in [0.2, 0.25) is 0 Å². The highest BCUT2D eigenvalue weighted by molar-refractivity contribution is 5.69. The number of carboxylic acids is 1. The smallest absolute Gasteiger partial charge is 0.309 e. The molecular formula is C11H9N5O2. The van der Waals surface area contributed by atoms with E-state index in [4.69, 9.17) is 5.11 Å². The van der Waals surface area contributed by atoms with Gasteiger partial charge in [0.1, 0.15) is 5.69 Å². The van der Waals surface area contributed by atoms with Crippen molar-refractivity contribution in [2.45, 2.75) is 6.42 Å². The Morgan fingerprint density at radius 2 is 2.28 bits per heavy atom. The highest BCUT2D eigenvalue weighted by Crippen LogP contribution is 2.13. The van der Waals surface area contributed by atoms with E-state index in [2.05, 4.69) is 20.1 Å². The van der Waals surface area contributed by atoms with Gasteiger partial charge < -0.3 is 5.11 Å². The molecule has 3 aromatic rings. The first-order valence-corrected chi connectivity index (χ1v) is 5.29. The van der Waals surface area contributed by atoms with E-state index >= 15 is 0 Å². The second-order valence-electron chi connectivity index (χ2n) is 3.76. The van der Waals surface area contributed by atoms with E-state index in [0.717, 1.165) is 0 Å². The van der Waals surface area contributed by atoms with Crippen molar-refractivity contribution in [2.24, 2.45) is 0 Å². The molecule has 3 aromatic heterocycles. The Labute approximate surface area is 101 Å². The number of nitrogens with one attached hydrogen (secondary N) is 1. The molecule has 0 saturated heterocycles. The largest absolute Gasteiger partial charge is 0.481 e. The summed E-state index contributed by atoms with van der Waals surface area (Å²) in [6.07, 6.45) is 3.18. The molecule has 0 spiro atoms. The number of pyridine rings is 1. The topological polar surface area (TPSA) is 96.2 Å². The Kier molecular flexibility index (Phi) is 2.30. The number of H-pyrrole nitrogens is 1. The van der Waals surface area contributed by atoms with E-state index in [0.29, 0.717) is 23.0 Å². The zero-order chi connectivity index (χ0) is 12.5. The van der Waals surface area contributed by atoms with E-state index in [1.807, 2.05) is 18.2 Å². The van der Waals surface area contributed by atoms with E-state index in [-0.39, 0.29) is 6.42 Å². The van der Waals surface area contributed by atoms with Crippen molar-refractivity contribution in [3.63, 3.8) is 0 Å². The van der Waals surface area contributed by atoms with Crippen LogP contribution in [0.4, 0.5) is 0 Å². The van der Waals surface area contributed by atoms with Gasteiger partial charge in [0.15, 0.2) is 5.82 Å². The fourth-order valence-corrected chi connectivity index (χ4v) is 1.68. The maximum absolute atomic E-state index is 10.6. The molecule has 0 unspecified atom stereocenters.